The monoisotopic (exact) mass is 336 g/mol. The Morgan fingerprint density at radius 2 is 1.88 bits per heavy atom. The van der Waals surface area contributed by atoms with Gasteiger partial charge in [-0.15, -0.1) is 0 Å². The summed E-state index contributed by atoms with van der Waals surface area (Å²) in [5, 5.41) is 2.68. The van der Waals surface area contributed by atoms with Crippen molar-refractivity contribution in [1.82, 2.24) is 0 Å². The molecule has 0 radical (unpaired) electrons. The Bertz CT molecular complexity index is 883. The lowest BCUT2D eigenvalue weighted by atomic mass is 10.1. The molecule has 1 heterocycles. The molecule has 0 atom stereocenters. The Hall–Kier alpha value is -3.41. The van der Waals surface area contributed by atoms with Gasteiger partial charge in [0.2, 0.25) is 11.8 Å². The van der Waals surface area contributed by atoms with Crippen LogP contribution in [0.1, 0.15) is 18.1 Å². The Kier molecular flexibility index (Phi) is 4.61. The predicted octanol–water partition coefficient (Wildman–Crippen LogP) is 3.00. The number of ether oxygens (including phenoxy) is 2. The van der Waals surface area contributed by atoms with Crippen LogP contribution in [0.2, 0.25) is 0 Å². The van der Waals surface area contributed by atoms with Gasteiger partial charge in [0, 0.05) is 12.6 Å². The molecule has 2 aromatic carbocycles. The largest absolute Gasteiger partial charge is 0.496 e. The van der Waals surface area contributed by atoms with E-state index in [-0.39, 0.29) is 17.5 Å². The van der Waals surface area contributed by atoms with E-state index in [0.29, 0.717) is 17.0 Å². The summed E-state index contributed by atoms with van der Waals surface area (Å²) in [6, 6.07) is 14.2. The van der Waals surface area contributed by atoms with Crippen molar-refractivity contribution in [3.63, 3.8) is 0 Å². The Labute approximate surface area is 144 Å². The quantitative estimate of drug-likeness (QED) is 0.688. The van der Waals surface area contributed by atoms with Crippen LogP contribution >= 0.6 is 0 Å². The van der Waals surface area contributed by atoms with E-state index in [0.717, 1.165) is 5.56 Å². The molecule has 0 bridgehead atoms. The summed E-state index contributed by atoms with van der Waals surface area (Å²) < 4.78 is 10.5. The summed E-state index contributed by atoms with van der Waals surface area (Å²) in [5.41, 5.74) is 2.27. The van der Waals surface area contributed by atoms with Gasteiger partial charge in [-0.25, -0.2) is 9.79 Å². The molecule has 0 unspecified atom stereocenters. The molecule has 1 amide bonds. The second-order valence-electron chi connectivity index (χ2n) is 5.34. The minimum atomic E-state index is -0.521. The van der Waals surface area contributed by atoms with E-state index in [1.54, 1.807) is 49.6 Å². The van der Waals surface area contributed by atoms with Crippen LogP contribution in [0.25, 0.3) is 6.08 Å². The van der Waals surface area contributed by atoms with E-state index in [1.807, 2.05) is 12.1 Å². The first-order chi connectivity index (χ1) is 12.1. The van der Waals surface area contributed by atoms with Crippen LogP contribution < -0.4 is 10.1 Å². The van der Waals surface area contributed by atoms with Gasteiger partial charge in [-0.1, -0.05) is 24.3 Å². The molecule has 2 aromatic rings. The van der Waals surface area contributed by atoms with Crippen molar-refractivity contribution in [3.8, 4) is 5.75 Å². The van der Waals surface area contributed by atoms with E-state index in [9.17, 15) is 9.59 Å². The zero-order chi connectivity index (χ0) is 17.8. The number of hydrogen-bond acceptors (Lipinski definition) is 5. The number of nitrogens with one attached hydrogen (secondary N) is 1. The van der Waals surface area contributed by atoms with E-state index in [1.165, 1.54) is 6.92 Å². The smallest absolute Gasteiger partial charge is 0.363 e. The highest BCUT2D eigenvalue weighted by atomic mass is 16.6. The number of cyclic esters (lactones) is 1. The Morgan fingerprint density at radius 3 is 2.56 bits per heavy atom. The number of methoxy groups -OCH3 is 1. The molecule has 0 fully saturated rings. The van der Waals surface area contributed by atoms with Gasteiger partial charge in [0.25, 0.3) is 0 Å². The minimum Gasteiger partial charge on any atom is -0.496 e. The number of nitrogens with zero attached hydrogens (tertiary/aromatic N) is 1. The van der Waals surface area contributed by atoms with Crippen molar-refractivity contribution in [2.75, 3.05) is 12.4 Å². The first-order valence-electron chi connectivity index (χ1n) is 7.60. The molecule has 0 saturated carbocycles. The summed E-state index contributed by atoms with van der Waals surface area (Å²) in [6.07, 6.45) is 1.63. The molecule has 0 spiro atoms. The number of carbonyl (C=O) groups is 2. The van der Waals surface area contributed by atoms with Crippen molar-refractivity contribution in [2.45, 2.75) is 6.92 Å². The highest BCUT2D eigenvalue weighted by molar-refractivity contribution is 6.13. The maximum Gasteiger partial charge on any atom is 0.363 e. The number of anilines is 1. The molecule has 0 aliphatic carbocycles. The number of carbonyl (C=O) groups excluding carboxylic acids is 2. The first kappa shape index (κ1) is 16.4. The van der Waals surface area contributed by atoms with Gasteiger partial charge in [-0.3, -0.25) is 4.79 Å². The first-order valence-corrected chi connectivity index (χ1v) is 7.60. The number of esters is 1. The second kappa shape index (κ2) is 7.00. The summed E-state index contributed by atoms with van der Waals surface area (Å²) in [6.45, 7) is 1.44. The van der Waals surface area contributed by atoms with E-state index in [2.05, 4.69) is 10.3 Å². The van der Waals surface area contributed by atoms with E-state index >= 15 is 0 Å². The topological polar surface area (TPSA) is 77.0 Å². The Balaban J connectivity index is 1.87. The zero-order valence-corrected chi connectivity index (χ0v) is 13.8. The number of amides is 1. The highest BCUT2D eigenvalue weighted by Gasteiger charge is 2.26. The summed E-state index contributed by atoms with van der Waals surface area (Å²) >= 11 is 0. The molecule has 25 heavy (non-hydrogen) atoms. The number of aliphatic imine (C=N–C) groups is 1. The maximum atomic E-state index is 12.1. The zero-order valence-electron chi connectivity index (χ0n) is 13.8. The SMILES string of the molecule is COc1ccccc1C1=NC(=Cc2ccc(NC(C)=O)cc2)C(=O)O1. The predicted molar refractivity (Wildman–Crippen MR) is 94.3 cm³/mol. The van der Waals surface area contributed by atoms with Gasteiger partial charge >= 0.3 is 5.97 Å². The van der Waals surface area contributed by atoms with Crippen molar-refractivity contribution in [3.05, 3.63) is 65.4 Å². The molecular weight excluding hydrogens is 320 g/mol. The molecule has 6 nitrogen and oxygen atoms in total. The van der Waals surface area contributed by atoms with Crippen LogP contribution in [-0.4, -0.2) is 24.9 Å². The van der Waals surface area contributed by atoms with Gasteiger partial charge < -0.3 is 14.8 Å². The normalized spacial score (nSPS) is 14.9. The molecule has 126 valence electrons. The average molecular weight is 336 g/mol. The fraction of sp³-hybridized carbons (Fsp3) is 0.105. The third-order valence-corrected chi connectivity index (χ3v) is 3.49. The van der Waals surface area contributed by atoms with Crippen LogP contribution in [0.15, 0.2) is 59.2 Å². The lowest BCUT2D eigenvalue weighted by Gasteiger charge is -2.05. The summed E-state index contributed by atoms with van der Waals surface area (Å²) in [5.74, 6) is 0.127. The highest BCUT2D eigenvalue weighted by Crippen LogP contribution is 2.25. The van der Waals surface area contributed by atoms with Crippen molar-refractivity contribution >= 4 is 29.5 Å². The van der Waals surface area contributed by atoms with Crippen LogP contribution in [0.3, 0.4) is 0 Å². The maximum absolute atomic E-state index is 12.1. The van der Waals surface area contributed by atoms with Crippen LogP contribution in [0.5, 0.6) is 5.75 Å². The van der Waals surface area contributed by atoms with Crippen LogP contribution in [-0.2, 0) is 14.3 Å². The molecule has 0 aromatic heterocycles. The van der Waals surface area contributed by atoms with Gasteiger partial charge in [-0.05, 0) is 35.9 Å². The lowest BCUT2D eigenvalue weighted by Crippen LogP contribution is -2.06. The number of hydrogen-bond donors (Lipinski definition) is 1. The lowest BCUT2D eigenvalue weighted by molar-refractivity contribution is -0.129. The molecule has 3 rings (SSSR count). The van der Waals surface area contributed by atoms with E-state index < -0.39 is 5.97 Å². The van der Waals surface area contributed by atoms with Crippen molar-refractivity contribution in [1.29, 1.82) is 0 Å². The Morgan fingerprint density at radius 1 is 1.16 bits per heavy atom. The molecule has 1 N–H and O–H groups in total. The third-order valence-electron chi connectivity index (χ3n) is 3.49. The van der Waals surface area contributed by atoms with Crippen molar-refractivity contribution < 1.29 is 19.1 Å². The number of para-hydroxylation sites is 1. The number of rotatable bonds is 4. The molecule has 1 aliphatic rings. The van der Waals surface area contributed by atoms with Crippen molar-refractivity contribution in [2.24, 2.45) is 4.99 Å². The number of benzene rings is 2. The molecule has 1 aliphatic heterocycles. The standard InChI is InChI=1S/C19H16N2O4/c1-12(22)20-14-9-7-13(8-10-14)11-16-19(23)25-18(21-16)15-5-3-4-6-17(15)24-2/h3-11H,1-2H3,(H,20,22). The fourth-order valence-corrected chi connectivity index (χ4v) is 2.37. The minimum absolute atomic E-state index is 0.142. The van der Waals surface area contributed by atoms with Gasteiger partial charge in [0.05, 0.1) is 12.7 Å². The molecular formula is C19H16N2O4. The van der Waals surface area contributed by atoms with Gasteiger partial charge in [-0.2, -0.15) is 0 Å². The molecule has 0 saturated heterocycles. The van der Waals surface area contributed by atoms with Gasteiger partial charge in [0.15, 0.2) is 5.70 Å². The summed E-state index contributed by atoms with van der Waals surface area (Å²) in [7, 11) is 1.55. The van der Waals surface area contributed by atoms with Crippen LogP contribution in [0, 0.1) is 0 Å². The fourth-order valence-electron chi connectivity index (χ4n) is 2.37. The molecule has 6 heteroatoms. The summed E-state index contributed by atoms with van der Waals surface area (Å²) in [4.78, 5) is 27.4. The second-order valence-corrected chi connectivity index (χ2v) is 5.34. The van der Waals surface area contributed by atoms with Gasteiger partial charge in [0.1, 0.15) is 5.75 Å². The third kappa shape index (κ3) is 3.74. The average Bonchev–Trinajstić information content (AvgIpc) is 2.96. The van der Waals surface area contributed by atoms with Crippen LogP contribution in [0.4, 0.5) is 5.69 Å². The van der Waals surface area contributed by atoms with E-state index in [4.69, 9.17) is 9.47 Å².